The van der Waals surface area contributed by atoms with Gasteiger partial charge in [-0.25, -0.2) is 4.39 Å². The summed E-state index contributed by atoms with van der Waals surface area (Å²) in [5.74, 6) is 0.272. The van der Waals surface area contributed by atoms with Gasteiger partial charge in [-0.3, -0.25) is 4.79 Å². The molecule has 92 valence electrons. The van der Waals surface area contributed by atoms with Gasteiger partial charge in [0, 0.05) is 25.2 Å². The molecule has 2 nitrogen and oxygen atoms in total. The molecule has 0 N–H and O–H groups in total. The number of rotatable bonds is 3. The van der Waals surface area contributed by atoms with Gasteiger partial charge >= 0.3 is 0 Å². The van der Waals surface area contributed by atoms with E-state index in [0.29, 0.717) is 23.5 Å². The summed E-state index contributed by atoms with van der Waals surface area (Å²) in [7, 11) is 0. The van der Waals surface area contributed by atoms with E-state index in [1.807, 2.05) is 0 Å². The van der Waals surface area contributed by atoms with Gasteiger partial charge in [0.1, 0.15) is 5.82 Å². The van der Waals surface area contributed by atoms with E-state index >= 15 is 0 Å². The summed E-state index contributed by atoms with van der Waals surface area (Å²) in [6.45, 7) is 3.18. The third-order valence-electron chi connectivity index (χ3n) is 3.29. The van der Waals surface area contributed by atoms with Crippen LogP contribution in [0.15, 0.2) is 18.2 Å². The number of halogens is 1. The summed E-state index contributed by atoms with van der Waals surface area (Å²) in [4.78, 5) is 12.0. The first-order valence-electron chi connectivity index (χ1n) is 6.04. The number of Topliss-reactive ketones (excluding diaryl/α,β-unsaturated/α-hetero) is 1. The SMILES string of the molecule is Cc1cc(C(=O)CC2CCOCC2)ccc1F. The third kappa shape index (κ3) is 3.13. The van der Waals surface area contributed by atoms with Crippen LogP contribution in [0.4, 0.5) is 4.39 Å². The molecule has 1 aliphatic heterocycles. The van der Waals surface area contributed by atoms with Crippen molar-refractivity contribution in [3.05, 3.63) is 35.1 Å². The van der Waals surface area contributed by atoms with E-state index in [4.69, 9.17) is 4.74 Å². The average molecular weight is 236 g/mol. The lowest BCUT2D eigenvalue weighted by Gasteiger charge is -2.21. The predicted molar refractivity (Wildman–Crippen MR) is 63.6 cm³/mol. The van der Waals surface area contributed by atoms with Gasteiger partial charge in [-0.1, -0.05) is 0 Å². The highest BCUT2D eigenvalue weighted by molar-refractivity contribution is 5.96. The summed E-state index contributed by atoms with van der Waals surface area (Å²) in [5.41, 5.74) is 1.15. The quantitative estimate of drug-likeness (QED) is 0.754. The van der Waals surface area contributed by atoms with Crippen molar-refractivity contribution in [2.45, 2.75) is 26.2 Å². The number of ketones is 1. The zero-order valence-corrected chi connectivity index (χ0v) is 10.0. The van der Waals surface area contributed by atoms with E-state index in [1.165, 1.54) is 6.07 Å². The number of hydrogen-bond acceptors (Lipinski definition) is 2. The third-order valence-corrected chi connectivity index (χ3v) is 3.29. The van der Waals surface area contributed by atoms with Crippen LogP contribution in [-0.2, 0) is 4.74 Å². The highest BCUT2D eigenvalue weighted by Crippen LogP contribution is 2.21. The number of benzene rings is 1. The molecule has 0 spiro atoms. The fourth-order valence-corrected chi connectivity index (χ4v) is 2.15. The molecule has 3 heteroatoms. The Bertz CT molecular complexity index is 409. The molecule has 2 rings (SSSR count). The maximum absolute atomic E-state index is 13.1. The van der Waals surface area contributed by atoms with Gasteiger partial charge in [-0.15, -0.1) is 0 Å². The van der Waals surface area contributed by atoms with Crippen LogP contribution in [0.25, 0.3) is 0 Å². The van der Waals surface area contributed by atoms with Gasteiger partial charge in [0.05, 0.1) is 0 Å². The number of carbonyl (C=O) groups is 1. The number of aryl methyl sites for hydroxylation is 1. The van der Waals surface area contributed by atoms with Gasteiger partial charge in [-0.05, 0) is 49.4 Å². The molecule has 0 saturated carbocycles. The van der Waals surface area contributed by atoms with Gasteiger partial charge < -0.3 is 4.74 Å². The zero-order valence-electron chi connectivity index (χ0n) is 10.0. The smallest absolute Gasteiger partial charge is 0.163 e. The van der Waals surface area contributed by atoms with Crippen LogP contribution in [0.2, 0.25) is 0 Å². The van der Waals surface area contributed by atoms with Gasteiger partial charge in [0.15, 0.2) is 5.78 Å². The van der Waals surface area contributed by atoms with Gasteiger partial charge in [-0.2, -0.15) is 0 Å². The molecule has 0 unspecified atom stereocenters. The summed E-state index contributed by atoms with van der Waals surface area (Å²) >= 11 is 0. The molecule has 1 aliphatic rings. The van der Waals surface area contributed by atoms with Crippen LogP contribution in [-0.4, -0.2) is 19.0 Å². The highest BCUT2D eigenvalue weighted by Gasteiger charge is 2.18. The van der Waals surface area contributed by atoms with E-state index in [0.717, 1.165) is 26.1 Å². The molecular formula is C14H17FO2. The zero-order chi connectivity index (χ0) is 12.3. The van der Waals surface area contributed by atoms with Gasteiger partial charge in [0.2, 0.25) is 0 Å². The number of hydrogen-bond donors (Lipinski definition) is 0. The first kappa shape index (κ1) is 12.2. The average Bonchev–Trinajstić information content (AvgIpc) is 2.34. The van der Waals surface area contributed by atoms with Crippen molar-refractivity contribution in [1.29, 1.82) is 0 Å². The van der Waals surface area contributed by atoms with Crippen molar-refractivity contribution < 1.29 is 13.9 Å². The number of ether oxygens (including phenoxy) is 1. The predicted octanol–water partition coefficient (Wildman–Crippen LogP) is 3.13. The first-order valence-corrected chi connectivity index (χ1v) is 6.04. The second kappa shape index (κ2) is 5.41. The minimum Gasteiger partial charge on any atom is -0.381 e. The van der Waals surface area contributed by atoms with E-state index in [9.17, 15) is 9.18 Å². The van der Waals surface area contributed by atoms with E-state index in [1.54, 1.807) is 19.1 Å². The van der Waals surface area contributed by atoms with E-state index in [2.05, 4.69) is 0 Å². The molecule has 17 heavy (non-hydrogen) atoms. The second-order valence-electron chi connectivity index (χ2n) is 4.65. The van der Waals surface area contributed by atoms with Crippen molar-refractivity contribution in [1.82, 2.24) is 0 Å². The van der Waals surface area contributed by atoms with E-state index < -0.39 is 0 Å². The monoisotopic (exact) mass is 236 g/mol. The Balaban J connectivity index is 2.01. The van der Waals surface area contributed by atoms with Crippen LogP contribution in [0, 0.1) is 18.7 Å². The molecule has 0 bridgehead atoms. The molecule has 0 amide bonds. The van der Waals surface area contributed by atoms with Crippen LogP contribution in [0.1, 0.15) is 35.2 Å². The Hall–Kier alpha value is -1.22. The molecule has 1 heterocycles. The normalized spacial score (nSPS) is 17.1. The minimum absolute atomic E-state index is 0.111. The minimum atomic E-state index is -0.257. The van der Waals surface area contributed by atoms with Gasteiger partial charge in [0.25, 0.3) is 0 Å². The summed E-state index contributed by atoms with van der Waals surface area (Å²) in [6.07, 6.45) is 2.45. The summed E-state index contributed by atoms with van der Waals surface area (Å²) in [6, 6.07) is 4.58. The maximum Gasteiger partial charge on any atom is 0.163 e. The Kier molecular flexibility index (Phi) is 3.89. The highest BCUT2D eigenvalue weighted by atomic mass is 19.1. The summed E-state index contributed by atoms with van der Waals surface area (Å²) in [5, 5.41) is 0. The molecule has 1 aromatic rings. The first-order chi connectivity index (χ1) is 8.16. The second-order valence-corrected chi connectivity index (χ2v) is 4.65. The molecule has 1 saturated heterocycles. The molecule has 0 aromatic heterocycles. The maximum atomic E-state index is 13.1. The molecule has 0 aliphatic carbocycles. The standard InChI is InChI=1S/C14H17FO2/c1-10-8-12(2-3-13(10)15)14(16)9-11-4-6-17-7-5-11/h2-3,8,11H,4-7,9H2,1H3. The van der Waals surface area contributed by atoms with E-state index in [-0.39, 0.29) is 11.6 Å². The van der Waals surface area contributed by atoms with Crippen molar-refractivity contribution in [3.63, 3.8) is 0 Å². The van der Waals surface area contributed by atoms with Crippen molar-refractivity contribution in [3.8, 4) is 0 Å². The lowest BCUT2D eigenvalue weighted by atomic mass is 9.91. The van der Waals surface area contributed by atoms with Crippen LogP contribution < -0.4 is 0 Å². The topological polar surface area (TPSA) is 26.3 Å². The Morgan fingerprint density at radius 1 is 1.41 bits per heavy atom. The van der Waals surface area contributed by atoms with Crippen molar-refractivity contribution in [2.75, 3.05) is 13.2 Å². The van der Waals surface area contributed by atoms with Crippen LogP contribution in [0.5, 0.6) is 0 Å². The molecule has 1 fully saturated rings. The Labute approximate surface area is 101 Å². The lowest BCUT2D eigenvalue weighted by molar-refractivity contribution is 0.0601. The molecule has 1 aromatic carbocycles. The molecular weight excluding hydrogens is 219 g/mol. The van der Waals surface area contributed by atoms with Crippen LogP contribution in [0.3, 0.4) is 0 Å². The van der Waals surface area contributed by atoms with Crippen molar-refractivity contribution >= 4 is 5.78 Å². The van der Waals surface area contributed by atoms with Crippen LogP contribution >= 0.6 is 0 Å². The Morgan fingerprint density at radius 3 is 2.76 bits per heavy atom. The largest absolute Gasteiger partial charge is 0.381 e. The molecule has 0 radical (unpaired) electrons. The fourth-order valence-electron chi connectivity index (χ4n) is 2.15. The fraction of sp³-hybridized carbons (Fsp3) is 0.500. The summed E-state index contributed by atoms with van der Waals surface area (Å²) < 4.78 is 18.4. The Morgan fingerprint density at radius 2 is 2.12 bits per heavy atom. The number of carbonyl (C=O) groups excluding carboxylic acids is 1. The lowest BCUT2D eigenvalue weighted by Crippen LogP contribution is -2.18. The molecule has 0 atom stereocenters. The van der Waals surface area contributed by atoms with Crippen molar-refractivity contribution in [2.24, 2.45) is 5.92 Å².